The standard InChI is InChI=1S/C32H53N7O2S/c1-30(2)17-21-5-4-15-33-24-6-3-7-27(35-24)42-34-18-22-8-9-25(36-29(22)38(30)19-21)39-16-10-26(37-39)41-20-23(40)28-31(11-12-31)32(28)13-14-32/h10,16,21-25,27-29,33-36,40H,3-9,11-15,17-20H2,1-2H3/t21-,22?,23?,24?,25?,27?,29?/m0/s1. The van der Waals surface area contributed by atoms with Crippen molar-refractivity contribution < 1.29 is 9.84 Å². The van der Waals surface area contributed by atoms with Crippen LogP contribution in [0.1, 0.15) is 97.1 Å². The van der Waals surface area contributed by atoms with E-state index in [1.165, 1.54) is 70.8 Å². The molecular weight excluding hydrogens is 546 g/mol. The van der Waals surface area contributed by atoms with Crippen molar-refractivity contribution >= 4 is 11.9 Å². The Morgan fingerprint density at radius 1 is 1.07 bits per heavy atom. The van der Waals surface area contributed by atoms with Gasteiger partial charge in [0.15, 0.2) is 0 Å². The molecule has 7 unspecified atom stereocenters. The minimum atomic E-state index is -0.357. The Hall–Kier alpha value is -0.880. The summed E-state index contributed by atoms with van der Waals surface area (Å²) in [7, 11) is 0. The maximum atomic E-state index is 10.9. The fourth-order valence-electron chi connectivity index (χ4n) is 10.1. The average molecular weight is 600 g/mol. The molecule has 3 saturated carbocycles. The van der Waals surface area contributed by atoms with Gasteiger partial charge in [-0.3, -0.25) is 24.9 Å². The molecule has 5 N–H and O–H groups in total. The molecule has 1 aromatic rings. The minimum Gasteiger partial charge on any atom is -0.474 e. The van der Waals surface area contributed by atoms with Crippen molar-refractivity contribution in [2.24, 2.45) is 28.6 Å². The zero-order chi connectivity index (χ0) is 28.5. The van der Waals surface area contributed by atoms with E-state index in [-0.39, 0.29) is 17.8 Å². The summed E-state index contributed by atoms with van der Waals surface area (Å²) in [4.78, 5) is 2.79. The van der Waals surface area contributed by atoms with Crippen molar-refractivity contribution in [2.75, 3.05) is 26.2 Å². The second kappa shape index (κ2) is 10.9. The van der Waals surface area contributed by atoms with Crippen LogP contribution < -0.4 is 25.4 Å². The molecule has 10 heteroatoms. The highest BCUT2D eigenvalue weighted by atomic mass is 32.2. The van der Waals surface area contributed by atoms with Crippen LogP contribution in [-0.2, 0) is 0 Å². The molecule has 9 nitrogen and oxygen atoms in total. The summed E-state index contributed by atoms with van der Waals surface area (Å²) in [5, 5.41) is 28.0. The van der Waals surface area contributed by atoms with Gasteiger partial charge in [-0.05, 0) is 114 Å². The highest BCUT2D eigenvalue weighted by molar-refractivity contribution is 7.98. The van der Waals surface area contributed by atoms with E-state index < -0.39 is 0 Å². The molecule has 4 saturated heterocycles. The van der Waals surface area contributed by atoms with E-state index in [2.05, 4.69) is 50.3 Å². The van der Waals surface area contributed by atoms with Crippen molar-refractivity contribution in [3.63, 3.8) is 0 Å². The maximum Gasteiger partial charge on any atom is 0.232 e. The molecule has 7 fully saturated rings. The van der Waals surface area contributed by atoms with E-state index in [0.29, 0.717) is 52.9 Å². The number of aliphatic hydroxyl groups excluding tert-OH is 1. The van der Waals surface area contributed by atoms with E-state index in [9.17, 15) is 5.11 Å². The van der Waals surface area contributed by atoms with Crippen molar-refractivity contribution in [3.05, 3.63) is 12.3 Å². The lowest BCUT2D eigenvalue weighted by Crippen LogP contribution is -2.60. The Labute approximate surface area is 256 Å². The van der Waals surface area contributed by atoms with E-state index in [0.717, 1.165) is 31.8 Å². The molecule has 4 aliphatic heterocycles. The van der Waals surface area contributed by atoms with Gasteiger partial charge < -0.3 is 15.2 Å². The van der Waals surface area contributed by atoms with Crippen LogP contribution in [0.2, 0.25) is 0 Å². The quantitative estimate of drug-likeness (QED) is 0.324. The fraction of sp³-hybridized carbons (Fsp3) is 0.906. The summed E-state index contributed by atoms with van der Waals surface area (Å²) < 4.78 is 12.0. The van der Waals surface area contributed by atoms with Gasteiger partial charge in [0.2, 0.25) is 5.88 Å². The monoisotopic (exact) mass is 599 g/mol. The van der Waals surface area contributed by atoms with Crippen LogP contribution in [-0.4, -0.2) is 75.4 Å². The van der Waals surface area contributed by atoms with E-state index in [1.807, 2.05) is 18.0 Å². The number of fused-ring (bicyclic) bond motifs is 7. The Bertz CT molecular complexity index is 1100. The predicted molar refractivity (Wildman–Crippen MR) is 166 cm³/mol. The highest BCUT2D eigenvalue weighted by Gasteiger charge is 2.87. The summed E-state index contributed by atoms with van der Waals surface area (Å²) >= 11 is 1.90. The number of nitrogens with zero attached hydrogens (tertiary/aromatic N) is 3. The zero-order valence-electron chi connectivity index (χ0n) is 25.7. The molecule has 5 heterocycles. The number of aliphatic hydroxyl groups is 1. The molecule has 1 aromatic heterocycles. The lowest BCUT2D eigenvalue weighted by Gasteiger charge is -2.47. The molecule has 42 heavy (non-hydrogen) atoms. The van der Waals surface area contributed by atoms with Gasteiger partial charge in [0.1, 0.15) is 12.8 Å². The number of aromatic nitrogens is 2. The first-order valence-electron chi connectivity index (χ1n) is 17.1. The number of piperidine rings is 2. The minimum absolute atomic E-state index is 0.149. The Morgan fingerprint density at radius 3 is 2.71 bits per heavy atom. The van der Waals surface area contributed by atoms with Crippen molar-refractivity contribution in [3.8, 4) is 5.88 Å². The second-order valence-electron chi connectivity index (χ2n) is 15.5. The summed E-state index contributed by atoms with van der Waals surface area (Å²) in [6, 6.07) is 1.98. The van der Waals surface area contributed by atoms with Crippen LogP contribution in [0.15, 0.2) is 12.3 Å². The van der Waals surface area contributed by atoms with Gasteiger partial charge >= 0.3 is 0 Å². The first-order chi connectivity index (χ1) is 20.4. The third-order valence-corrected chi connectivity index (χ3v) is 13.4. The van der Waals surface area contributed by atoms with Crippen LogP contribution in [0.5, 0.6) is 5.88 Å². The Balaban J connectivity index is 0.933. The SMILES string of the molecule is CC1(C)C[C@@H]2CCCNC3CCCC(N3)SNCC3CCC(n4ccc(OCC(O)C5C6(CC6)C56CC6)n4)NC3N1C2. The van der Waals surface area contributed by atoms with Crippen molar-refractivity contribution in [1.29, 1.82) is 0 Å². The van der Waals surface area contributed by atoms with E-state index >= 15 is 0 Å². The summed E-state index contributed by atoms with van der Waals surface area (Å²) in [5.41, 5.74) is 1.16. The van der Waals surface area contributed by atoms with Crippen LogP contribution in [0.25, 0.3) is 0 Å². The molecule has 0 amide bonds. The van der Waals surface area contributed by atoms with Crippen LogP contribution >= 0.6 is 11.9 Å². The lowest BCUT2D eigenvalue weighted by atomic mass is 9.90. The van der Waals surface area contributed by atoms with Crippen LogP contribution in [0.4, 0.5) is 0 Å². The van der Waals surface area contributed by atoms with Gasteiger partial charge in [0.05, 0.1) is 23.8 Å². The molecule has 4 bridgehead atoms. The Morgan fingerprint density at radius 2 is 1.90 bits per heavy atom. The van der Waals surface area contributed by atoms with Gasteiger partial charge in [0.25, 0.3) is 0 Å². The summed E-state index contributed by atoms with van der Waals surface area (Å²) in [5.74, 6) is 2.39. The van der Waals surface area contributed by atoms with Crippen molar-refractivity contribution in [1.82, 2.24) is 35.4 Å². The fourth-order valence-corrected chi connectivity index (χ4v) is 11.2. The third-order valence-electron chi connectivity index (χ3n) is 12.4. The lowest BCUT2D eigenvalue weighted by molar-refractivity contribution is 0.00907. The molecule has 2 spiro atoms. The zero-order valence-corrected chi connectivity index (χ0v) is 26.5. The molecule has 0 aromatic carbocycles. The van der Waals surface area contributed by atoms with Gasteiger partial charge in [0, 0.05) is 42.7 Å². The van der Waals surface area contributed by atoms with Crippen molar-refractivity contribution in [2.45, 2.75) is 126 Å². The molecule has 8 rings (SSSR count). The molecule has 7 aliphatic rings. The number of nitrogens with one attached hydrogen (secondary N) is 4. The maximum absolute atomic E-state index is 10.9. The van der Waals surface area contributed by atoms with Gasteiger partial charge in [-0.1, -0.05) is 11.9 Å². The average Bonchev–Trinajstić information content (AvgIpc) is 3.93. The summed E-state index contributed by atoms with van der Waals surface area (Å²) in [6.07, 6.45) is 17.7. The Kier molecular flexibility index (Phi) is 7.40. The number of rotatable bonds is 5. The molecular formula is C32H53N7O2S. The molecule has 3 aliphatic carbocycles. The molecule has 8 atom stereocenters. The van der Waals surface area contributed by atoms with E-state index in [1.54, 1.807) is 0 Å². The topological polar surface area (TPSA) is 98.6 Å². The molecule has 0 radical (unpaired) electrons. The first kappa shape index (κ1) is 28.6. The smallest absolute Gasteiger partial charge is 0.232 e. The number of ether oxygens (including phenoxy) is 1. The van der Waals surface area contributed by atoms with Gasteiger partial charge in [-0.2, -0.15) is 0 Å². The van der Waals surface area contributed by atoms with Crippen LogP contribution in [0, 0.1) is 28.6 Å². The number of hydrogen-bond donors (Lipinski definition) is 5. The van der Waals surface area contributed by atoms with E-state index in [4.69, 9.17) is 9.84 Å². The third kappa shape index (κ3) is 5.14. The second-order valence-corrected chi connectivity index (χ2v) is 16.6. The molecule has 234 valence electrons. The largest absolute Gasteiger partial charge is 0.474 e. The summed E-state index contributed by atoms with van der Waals surface area (Å²) in [6.45, 7) is 8.56. The highest BCUT2D eigenvalue weighted by Crippen LogP contribution is 2.93. The normalized spacial score (nSPS) is 41.0. The van der Waals surface area contributed by atoms with Gasteiger partial charge in [-0.15, -0.1) is 5.10 Å². The van der Waals surface area contributed by atoms with Crippen LogP contribution in [0.3, 0.4) is 0 Å². The predicted octanol–water partition coefficient (Wildman–Crippen LogP) is 3.78. The van der Waals surface area contributed by atoms with Gasteiger partial charge in [-0.25, -0.2) is 0 Å². The first-order valence-corrected chi connectivity index (χ1v) is 18.0. The number of hydrogen-bond acceptors (Lipinski definition) is 9.